The Morgan fingerprint density at radius 2 is 1.85 bits per heavy atom. The standard InChI is InChI=1S/C10H21IOSi/c1-10(2,3)13(4,5)12-9-7-6-8-11/h6,8H,7,9H2,1-5H3/b8-6+. The van der Waals surface area contributed by atoms with Crippen LogP contribution in [0, 0.1) is 0 Å². The Kier molecular flexibility index (Phi) is 5.78. The van der Waals surface area contributed by atoms with Gasteiger partial charge in [-0.3, -0.25) is 0 Å². The minimum absolute atomic E-state index is 0.334. The maximum Gasteiger partial charge on any atom is 0.191 e. The Morgan fingerprint density at radius 3 is 2.23 bits per heavy atom. The Hall–Kier alpha value is 0.647. The summed E-state index contributed by atoms with van der Waals surface area (Å²) in [6, 6.07) is 0. The summed E-state index contributed by atoms with van der Waals surface area (Å²) in [6.45, 7) is 12.3. The molecule has 0 saturated heterocycles. The highest BCUT2D eigenvalue weighted by atomic mass is 127. The topological polar surface area (TPSA) is 9.23 Å². The van der Waals surface area contributed by atoms with E-state index in [1.165, 1.54) is 0 Å². The highest BCUT2D eigenvalue weighted by Crippen LogP contribution is 2.36. The van der Waals surface area contributed by atoms with E-state index in [9.17, 15) is 0 Å². The Balaban J connectivity index is 3.90. The van der Waals surface area contributed by atoms with E-state index >= 15 is 0 Å². The van der Waals surface area contributed by atoms with Crippen molar-refractivity contribution in [2.24, 2.45) is 0 Å². The molecule has 1 nitrogen and oxygen atoms in total. The fraction of sp³-hybridized carbons (Fsp3) is 0.800. The zero-order valence-corrected chi connectivity index (χ0v) is 12.5. The third kappa shape index (κ3) is 5.17. The maximum atomic E-state index is 5.98. The van der Waals surface area contributed by atoms with Crippen molar-refractivity contribution in [2.75, 3.05) is 6.61 Å². The molecule has 0 aromatic rings. The molecule has 0 rings (SSSR count). The molecule has 0 aliphatic rings. The fourth-order valence-electron chi connectivity index (χ4n) is 0.662. The molecule has 0 saturated carbocycles. The smallest absolute Gasteiger partial charge is 0.191 e. The third-order valence-electron chi connectivity index (χ3n) is 2.64. The summed E-state index contributed by atoms with van der Waals surface area (Å²) in [5.41, 5.74) is 0. The van der Waals surface area contributed by atoms with Gasteiger partial charge in [-0.1, -0.05) is 49.4 Å². The van der Waals surface area contributed by atoms with E-state index in [-0.39, 0.29) is 0 Å². The van der Waals surface area contributed by atoms with E-state index in [0.717, 1.165) is 13.0 Å². The van der Waals surface area contributed by atoms with Crippen LogP contribution in [0.15, 0.2) is 10.2 Å². The molecule has 78 valence electrons. The van der Waals surface area contributed by atoms with Gasteiger partial charge in [0, 0.05) is 6.61 Å². The van der Waals surface area contributed by atoms with Crippen molar-refractivity contribution in [3.63, 3.8) is 0 Å². The van der Waals surface area contributed by atoms with Crippen LogP contribution in [0.2, 0.25) is 18.1 Å². The van der Waals surface area contributed by atoms with E-state index in [1.54, 1.807) is 0 Å². The minimum atomic E-state index is -1.49. The quantitative estimate of drug-likeness (QED) is 0.426. The van der Waals surface area contributed by atoms with E-state index < -0.39 is 8.32 Å². The lowest BCUT2D eigenvalue weighted by Crippen LogP contribution is -2.40. The van der Waals surface area contributed by atoms with Gasteiger partial charge in [0.2, 0.25) is 0 Å². The summed E-state index contributed by atoms with van der Waals surface area (Å²) in [4.78, 5) is 0. The number of hydrogen-bond donors (Lipinski definition) is 0. The zero-order valence-electron chi connectivity index (χ0n) is 9.36. The Morgan fingerprint density at radius 1 is 1.31 bits per heavy atom. The first-order valence-electron chi connectivity index (χ1n) is 4.70. The third-order valence-corrected chi connectivity index (χ3v) is 7.69. The summed E-state index contributed by atoms with van der Waals surface area (Å²) in [5, 5.41) is 0.334. The molecular formula is C10H21IOSi. The van der Waals surface area contributed by atoms with Crippen LogP contribution in [0.5, 0.6) is 0 Å². The van der Waals surface area contributed by atoms with Crippen molar-refractivity contribution in [3.8, 4) is 0 Å². The van der Waals surface area contributed by atoms with Gasteiger partial charge in [0.05, 0.1) is 0 Å². The van der Waals surface area contributed by atoms with Gasteiger partial charge in [0.15, 0.2) is 8.32 Å². The first-order valence-corrected chi connectivity index (χ1v) is 8.86. The van der Waals surface area contributed by atoms with Crippen LogP contribution in [0.4, 0.5) is 0 Å². The molecule has 13 heavy (non-hydrogen) atoms. The lowest BCUT2D eigenvalue weighted by Gasteiger charge is -2.36. The van der Waals surface area contributed by atoms with Crippen molar-refractivity contribution >= 4 is 30.9 Å². The normalized spacial score (nSPS) is 14.0. The van der Waals surface area contributed by atoms with E-state index in [0.29, 0.717) is 5.04 Å². The molecular weight excluding hydrogens is 291 g/mol. The molecule has 0 aliphatic heterocycles. The molecule has 0 bridgehead atoms. The van der Waals surface area contributed by atoms with Gasteiger partial charge in [-0.15, -0.1) is 0 Å². The van der Waals surface area contributed by atoms with Crippen molar-refractivity contribution in [2.45, 2.75) is 45.3 Å². The summed E-state index contributed by atoms with van der Waals surface area (Å²) in [5.74, 6) is 0. The molecule has 0 fully saturated rings. The van der Waals surface area contributed by atoms with Crippen LogP contribution < -0.4 is 0 Å². The van der Waals surface area contributed by atoms with E-state index in [4.69, 9.17) is 4.43 Å². The van der Waals surface area contributed by atoms with Gasteiger partial charge in [0.1, 0.15) is 0 Å². The average Bonchev–Trinajstić information content (AvgIpc) is 1.96. The average molecular weight is 312 g/mol. The van der Waals surface area contributed by atoms with Gasteiger partial charge in [-0.2, -0.15) is 0 Å². The van der Waals surface area contributed by atoms with Gasteiger partial charge in [0.25, 0.3) is 0 Å². The molecule has 0 heterocycles. The van der Waals surface area contributed by atoms with Crippen LogP contribution in [0.1, 0.15) is 27.2 Å². The Bertz CT molecular complexity index is 170. The summed E-state index contributed by atoms with van der Waals surface area (Å²) in [6.07, 6.45) is 3.18. The predicted molar refractivity (Wildman–Crippen MR) is 70.9 cm³/mol. The first kappa shape index (κ1) is 13.6. The molecule has 0 aromatic heterocycles. The molecule has 0 spiro atoms. The minimum Gasteiger partial charge on any atom is -0.417 e. The van der Waals surface area contributed by atoms with Crippen LogP contribution >= 0.6 is 22.6 Å². The second kappa shape index (κ2) is 5.51. The van der Waals surface area contributed by atoms with E-state index in [1.807, 2.05) is 4.08 Å². The number of hydrogen-bond acceptors (Lipinski definition) is 1. The van der Waals surface area contributed by atoms with Crippen molar-refractivity contribution in [3.05, 3.63) is 10.2 Å². The molecule has 0 atom stereocenters. The van der Waals surface area contributed by atoms with Crippen LogP contribution in [0.25, 0.3) is 0 Å². The summed E-state index contributed by atoms with van der Waals surface area (Å²) in [7, 11) is -1.49. The highest BCUT2D eigenvalue weighted by molar-refractivity contribution is 14.1. The molecule has 0 radical (unpaired) electrons. The molecule has 3 heteroatoms. The van der Waals surface area contributed by atoms with Crippen molar-refractivity contribution < 1.29 is 4.43 Å². The van der Waals surface area contributed by atoms with Crippen LogP contribution in [0.3, 0.4) is 0 Å². The zero-order chi connectivity index (χ0) is 10.5. The monoisotopic (exact) mass is 312 g/mol. The molecule has 0 aromatic carbocycles. The second-order valence-electron chi connectivity index (χ2n) is 4.76. The molecule has 0 unspecified atom stereocenters. The van der Waals surface area contributed by atoms with Crippen molar-refractivity contribution in [1.29, 1.82) is 0 Å². The summed E-state index contributed by atoms with van der Waals surface area (Å²) < 4.78 is 8.03. The largest absolute Gasteiger partial charge is 0.417 e. The van der Waals surface area contributed by atoms with Gasteiger partial charge < -0.3 is 4.43 Å². The maximum absolute atomic E-state index is 5.98. The molecule has 0 N–H and O–H groups in total. The SMILES string of the molecule is CC(C)(C)[Si](C)(C)OCC/C=C/I. The molecule has 0 aliphatic carbocycles. The van der Waals surface area contributed by atoms with Crippen molar-refractivity contribution in [1.82, 2.24) is 0 Å². The molecule has 0 amide bonds. The highest BCUT2D eigenvalue weighted by Gasteiger charge is 2.36. The van der Waals surface area contributed by atoms with Crippen LogP contribution in [-0.2, 0) is 4.43 Å². The second-order valence-corrected chi connectivity index (χ2v) is 10.3. The van der Waals surface area contributed by atoms with Gasteiger partial charge >= 0.3 is 0 Å². The first-order chi connectivity index (χ1) is 5.81. The van der Waals surface area contributed by atoms with Gasteiger partial charge in [-0.25, -0.2) is 0 Å². The number of rotatable bonds is 4. The van der Waals surface area contributed by atoms with Crippen LogP contribution in [-0.4, -0.2) is 14.9 Å². The lowest BCUT2D eigenvalue weighted by molar-refractivity contribution is 0.294. The Labute approximate surface area is 97.2 Å². The number of halogens is 1. The van der Waals surface area contributed by atoms with Gasteiger partial charge in [-0.05, 0) is 28.6 Å². The predicted octanol–water partition coefficient (Wildman–Crippen LogP) is 4.35. The summed E-state index contributed by atoms with van der Waals surface area (Å²) >= 11 is 2.24. The fourth-order valence-corrected chi connectivity index (χ4v) is 2.08. The van der Waals surface area contributed by atoms with E-state index in [2.05, 4.69) is 62.5 Å². The lowest BCUT2D eigenvalue weighted by atomic mass is 10.2.